The Hall–Kier alpha value is -0.130. The molecular formula is C11H21NS. The van der Waals surface area contributed by atoms with Crippen molar-refractivity contribution < 1.29 is 0 Å². The zero-order valence-corrected chi connectivity index (χ0v) is 10.0. The molecule has 0 saturated carbocycles. The molecule has 0 aliphatic heterocycles. The predicted molar refractivity (Wildman–Crippen MR) is 63.1 cm³/mol. The molecule has 0 aliphatic carbocycles. The van der Waals surface area contributed by atoms with E-state index in [1.165, 1.54) is 0 Å². The van der Waals surface area contributed by atoms with Gasteiger partial charge in [-0.15, -0.1) is 18.2 Å². The highest BCUT2D eigenvalue weighted by Gasteiger charge is 2.18. The molecule has 0 spiro atoms. The van der Waals surface area contributed by atoms with E-state index in [0.717, 1.165) is 18.1 Å². The van der Waals surface area contributed by atoms with Crippen molar-refractivity contribution in [3.63, 3.8) is 0 Å². The van der Waals surface area contributed by atoms with E-state index in [1.54, 1.807) is 0 Å². The molecule has 0 saturated heterocycles. The molecule has 0 bridgehead atoms. The zero-order valence-electron chi connectivity index (χ0n) is 9.18. The SMILES string of the molecule is C#CCSCCNC(C)C(C)(C)C. The maximum absolute atomic E-state index is 5.15. The van der Waals surface area contributed by atoms with E-state index in [9.17, 15) is 0 Å². The number of thioether (sulfide) groups is 1. The average molecular weight is 199 g/mol. The van der Waals surface area contributed by atoms with E-state index in [1.807, 2.05) is 11.8 Å². The van der Waals surface area contributed by atoms with Crippen molar-refractivity contribution in [2.24, 2.45) is 5.41 Å². The molecule has 1 nitrogen and oxygen atoms in total. The van der Waals surface area contributed by atoms with Crippen molar-refractivity contribution in [2.75, 3.05) is 18.1 Å². The summed E-state index contributed by atoms with van der Waals surface area (Å²) in [6.45, 7) is 10.0. The summed E-state index contributed by atoms with van der Waals surface area (Å²) in [6.07, 6.45) is 5.15. The Morgan fingerprint density at radius 3 is 2.54 bits per heavy atom. The molecule has 0 aromatic carbocycles. The first-order valence-corrected chi connectivity index (χ1v) is 5.88. The van der Waals surface area contributed by atoms with Gasteiger partial charge in [0.1, 0.15) is 0 Å². The second-order valence-electron chi connectivity index (χ2n) is 4.30. The highest BCUT2D eigenvalue weighted by atomic mass is 32.2. The summed E-state index contributed by atoms with van der Waals surface area (Å²) in [5, 5.41) is 3.49. The number of hydrogen-bond acceptors (Lipinski definition) is 2. The summed E-state index contributed by atoms with van der Waals surface area (Å²) >= 11 is 1.81. The van der Waals surface area contributed by atoms with Gasteiger partial charge in [0.05, 0.1) is 5.75 Å². The fourth-order valence-corrected chi connectivity index (χ4v) is 1.31. The van der Waals surface area contributed by atoms with Crippen LogP contribution < -0.4 is 5.32 Å². The molecule has 0 heterocycles. The summed E-state index contributed by atoms with van der Waals surface area (Å²) < 4.78 is 0. The van der Waals surface area contributed by atoms with Gasteiger partial charge in [-0.1, -0.05) is 26.7 Å². The maximum Gasteiger partial charge on any atom is 0.0545 e. The lowest BCUT2D eigenvalue weighted by Crippen LogP contribution is -2.38. The number of rotatable bonds is 5. The molecule has 13 heavy (non-hydrogen) atoms. The van der Waals surface area contributed by atoms with Gasteiger partial charge in [-0.25, -0.2) is 0 Å². The van der Waals surface area contributed by atoms with Gasteiger partial charge in [-0.2, -0.15) is 0 Å². The zero-order chi connectivity index (χ0) is 10.3. The molecule has 0 aliphatic rings. The fourth-order valence-electron chi connectivity index (χ4n) is 0.785. The normalized spacial score (nSPS) is 13.8. The number of nitrogens with one attached hydrogen (secondary N) is 1. The molecule has 0 fully saturated rings. The molecule has 1 atom stereocenters. The molecule has 76 valence electrons. The third-order valence-corrected chi connectivity index (χ3v) is 3.04. The van der Waals surface area contributed by atoms with Gasteiger partial charge < -0.3 is 5.32 Å². The number of hydrogen-bond donors (Lipinski definition) is 1. The molecular weight excluding hydrogens is 178 g/mol. The predicted octanol–water partition coefficient (Wildman–Crippen LogP) is 2.38. The van der Waals surface area contributed by atoms with Crippen molar-refractivity contribution in [1.82, 2.24) is 5.32 Å². The first-order valence-electron chi connectivity index (χ1n) is 4.73. The lowest BCUT2D eigenvalue weighted by molar-refractivity contribution is 0.291. The van der Waals surface area contributed by atoms with Crippen LogP contribution in [0.4, 0.5) is 0 Å². The second kappa shape index (κ2) is 6.34. The maximum atomic E-state index is 5.15. The van der Waals surface area contributed by atoms with Gasteiger partial charge in [0, 0.05) is 18.3 Å². The Morgan fingerprint density at radius 1 is 1.46 bits per heavy atom. The van der Waals surface area contributed by atoms with E-state index < -0.39 is 0 Å². The summed E-state index contributed by atoms with van der Waals surface area (Å²) in [4.78, 5) is 0. The van der Waals surface area contributed by atoms with Crippen LogP contribution in [-0.4, -0.2) is 24.1 Å². The molecule has 0 rings (SSSR count). The van der Waals surface area contributed by atoms with Gasteiger partial charge in [-0.05, 0) is 12.3 Å². The molecule has 0 aromatic rings. The van der Waals surface area contributed by atoms with Crippen molar-refractivity contribution in [3.05, 3.63) is 0 Å². The van der Waals surface area contributed by atoms with Crippen LogP contribution in [0.2, 0.25) is 0 Å². The van der Waals surface area contributed by atoms with E-state index in [0.29, 0.717) is 11.5 Å². The Morgan fingerprint density at radius 2 is 2.08 bits per heavy atom. The Labute approximate surface area is 87.1 Å². The summed E-state index contributed by atoms with van der Waals surface area (Å²) in [5.41, 5.74) is 0.344. The third-order valence-electron chi connectivity index (χ3n) is 2.18. The standard InChI is InChI=1S/C11H21NS/c1-6-8-13-9-7-12-10(2)11(3,4)5/h1,10,12H,7-9H2,2-5H3. The molecule has 1 N–H and O–H groups in total. The van der Waals surface area contributed by atoms with Crippen LogP contribution in [0.15, 0.2) is 0 Å². The van der Waals surface area contributed by atoms with Gasteiger partial charge in [0.25, 0.3) is 0 Å². The van der Waals surface area contributed by atoms with Crippen LogP contribution in [0.5, 0.6) is 0 Å². The molecule has 0 radical (unpaired) electrons. The second-order valence-corrected chi connectivity index (χ2v) is 5.40. The lowest BCUT2D eigenvalue weighted by Gasteiger charge is -2.28. The third kappa shape index (κ3) is 6.98. The van der Waals surface area contributed by atoms with Crippen molar-refractivity contribution in [3.8, 4) is 12.3 Å². The van der Waals surface area contributed by atoms with E-state index in [4.69, 9.17) is 6.42 Å². The number of terminal acetylenes is 1. The van der Waals surface area contributed by atoms with E-state index in [2.05, 4.69) is 38.9 Å². The first-order chi connectivity index (χ1) is 5.98. The van der Waals surface area contributed by atoms with Crippen LogP contribution in [-0.2, 0) is 0 Å². The van der Waals surface area contributed by atoms with E-state index in [-0.39, 0.29) is 0 Å². The minimum atomic E-state index is 0.344. The first kappa shape index (κ1) is 12.9. The quantitative estimate of drug-likeness (QED) is 0.539. The monoisotopic (exact) mass is 199 g/mol. The van der Waals surface area contributed by atoms with Crippen LogP contribution in [0.3, 0.4) is 0 Å². The van der Waals surface area contributed by atoms with E-state index >= 15 is 0 Å². The van der Waals surface area contributed by atoms with Crippen LogP contribution in [0.25, 0.3) is 0 Å². The largest absolute Gasteiger partial charge is 0.313 e. The molecule has 2 heteroatoms. The van der Waals surface area contributed by atoms with Gasteiger partial charge in [0.2, 0.25) is 0 Å². The summed E-state index contributed by atoms with van der Waals surface area (Å²) in [5.74, 6) is 4.55. The molecule has 1 unspecified atom stereocenters. The van der Waals surface area contributed by atoms with Crippen LogP contribution in [0, 0.1) is 17.8 Å². The van der Waals surface area contributed by atoms with Gasteiger partial charge in [0.15, 0.2) is 0 Å². The van der Waals surface area contributed by atoms with Crippen LogP contribution in [0.1, 0.15) is 27.7 Å². The van der Waals surface area contributed by atoms with Crippen molar-refractivity contribution in [1.29, 1.82) is 0 Å². The lowest BCUT2D eigenvalue weighted by atomic mass is 9.88. The van der Waals surface area contributed by atoms with Crippen molar-refractivity contribution in [2.45, 2.75) is 33.7 Å². The fraction of sp³-hybridized carbons (Fsp3) is 0.818. The minimum Gasteiger partial charge on any atom is -0.313 e. The molecule has 0 amide bonds. The smallest absolute Gasteiger partial charge is 0.0545 e. The topological polar surface area (TPSA) is 12.0 Å². The van der Waals surface area contributed by atoms with Crippen LogP contribution >= 0.6 is 11.8 Å². The molecule has 0 aromatic heterocycles. The summed E-state index contributed by atoms with van der Waals surface area (Å²) in [6, 6.07) is 0.555. The highest BCUT2D eigenvalue weighted by molar-refractivity contribution is 7.99. The minimum absolute atomic E-state index is 0.344. The average Bonchev–Trinajstić information content (AvgIpc) is 2.02. The Kier molecular flexibility index (Phi) is 6.28. The summed E-state index contributed by atoms with van der Waals surface area (Å²) in [7, 11) is 0. The van der Waals surface area contributed by atoms with Gasteiger partial charge >= 0.3 is 0 Å². The highest BCUT2D eigenvalue weighted by Crippen LogP contribution is 2.18. The van der Waals surface area contributed by atoms with Crippen molar-refractivity contribution >= 4 is 11.8 Å². The van der Waals surface area contributed by atoms with Gasteiger partial charge in [-0.3, -0.25) is 0 Å². The Balaban J connectivity index is 3.39. The Bertz CT molecular complexity index is 164.